The summed E-state index contributed by atoms with van der Waals surface area (Å²) in [6, 6.07) is 0. The molecule has 0 aromatic heterocycles. The average Bonchev–Trinajstić information content (AvgIpc) is 2.19. The second kappa shape index (κ2) is 2.55. The second-order valence-electron chi connectivity index (χ2n) is 3.01. The standard InChI is InChI=1S/C8H12N2O/c1-3-4-8(9)5-6-10(2)7(8)11/h1H,4-6,9H2,2H3/t8-/m1/s1. The van der Waals surface area contributed by atoms with Gasteiger partial charge in [0.25, 0.3) is 0 Å². The highest BCUT2D eigenvalue weighted by molar-refractivity contribution is 5.88. The SMILES string of the molecule is C#CC[C@@]1(N)CCN(C)C1=O. The Labute approximate surface area is 66.5 Å². The third-order valence-electron chi connectivity index (χ3n) is 2.08. The molecule has 3 nitrogen and oxygen atoms in total. The van der Waals surface area contributed by atoms with E-state index >= 15 is 0 Å². The first-order chi connectivity index (χ1) is 5.10. The molecule has 60 valence electrons. The number of likely N-dealkylation sites (N-methyl/N-ethyl adjacent to an activating group) is 1. The molecule has 0 aromatic carbocycles. The van der Waals surface area contributed by atoms with Gasteiger partial charge in [0, 0.05) is 20.0 Å². The third-order valence-corrected chi connectivity index (χ3v) is 2.08. The maximum absolute atomic E-state index is 11.3. The zero-order valence-electron chi connectivity index (χ0n) is 6.63. The zero-order valence-corrected chi connectivity index (χ0v) is 6.63. The number of amides is 1. The van der Waals surface area contributed by atoms with Crippen LogP contribution in [0.25, 0.3) is 0 Å². The molecule has 11 heavy (non-hydrogen) atoms. The van der Waals surface area contributed by atoms with Crippen molar-refractivity contribution in [1.82, 2.24) is 4.90 Å². The molecule has 0 spiro atoms. The van der Waals surface area contributed by atoms with Gasteiger partial charge in [-0.05, 0) is 6.42 Å². The summed E-state index contributed by atoms with van der Waals surface area (Å²) >= 11 is 0. The van der Waals surface area contributed by atoms with Crippen LogP contribution in [0.4, 0.5) is 0 Å². The maximum Gasteiger partial charge on any atom is 0.243 e. The summed E-state index contributed by atoms with van der Waals surface area (Å²) in [6.45, 7) is 0.719. The molecule has 2 N–H and O–H groups in total. The van der Waals surface area contributed by atoms with Crippen LogP contribution in [0.3, 0.4) is 0 Å². The Morgan fingerprint density at radius 3 is 2.91 bits per heavy atom. The van der Waals surface area contributed by atoms with Crippen molar-refractivity contribution in [2.45, 2.75) is 18.4 Å². The van der Waals surface area contributed by atoms with Gasteiger partial charge in [-0.2, -0.15) is 0 Å². The molecule has 3 heteroatoms. The molecule has 0 saturated carbocycles. The van der Waals surface area contributed by atoms with Crippen LogP contribution < -0.4 is 5.73 Å². The van der Waals surface area contributed by atoms with Crippen molar-refractivity contribution >= 4 is 5.91 Å². The van der Waals surface area contributed by atoms with Crippen LogP contribution in [0.5, 0.6) is 0 Å². The predicted octanol–water partition coefficient (Wildman–Crippen LogP) is -0.431. The molecule has 1 rings (SSSR count). The van der Waals surface area contributed by atoms with E-state index in [1.165, 1.54) is 0 Å². The molecular weight excluding hydrogens is 140 g/mol. The molecular formula is C8H12N2O. The molecule has 0 unspecified atom stereocenters. The van der Waals surface area contributed by atoms with Crippen LogP contribution in [0.1, 0.15) is 12.8 Å². The van der Waals surface area contributed by atoms with E-state index in [1.54, 1.807) is 11.9 Å². The molecule has 0 aliphatic carbocycles. The molecule has 0 radical (unpaired) electrons. The highest BCUT2D eigenvalue weighted by Crippen LogP contribution is 2.21. The van der Waals surface area contributed by atoms with Crippen LogP contribution in [0.15, 0.2) is 0 Å². The number of carbonyl (C=O) groups excluding carboxylic acids is 1. The van der Waals surface area contributed by atoms with Gasteiger partial charge in [0.2, 0.25) is 5.91 Å². The van der Waals surface area contributed by atoms with Gasteiger partial charge in [-0.1, -0.05) is 0 Å². The summed E-state index contributed by atoms with van der Waals surface area (Å²) in [7, 11) is 1.74. The molecule has 0 aromatic rings. The number of hydrogen-bond acceptors (Lipinski definition) is 2. The molecule has 1 amide bonds. The topological polar surface area (TPSA) is 46.3 Å². The van der Waals surface area contributed by atoms with Gasteiger partial charge in [0.1, 0.15) is 5.54 Å². The molecule has 1 atom stereocenters. The molecule has 1 aliphatic rings. The van der Waals surface area contributed by atoms with E-state index in [-0.39, 0.29) is 5.91 Å². The lowest BCUT2D eigenvalue weighted by Gasteiger charge is -2.18. The van der Waals surface area contributed by atoms with E-state index < -0.39 is 5.54 Å². The van der Waals surface area contributed by atoms with E-state index in [4.69, 9.17) is 12.2 Å². The van der Waals surface area contributed by atoms with Gasteiger partial charge in [-0.15, -0.1) is 12.3 Å². The quantitative estimate of drug-likeness (QED) is 0.518. The van der Waals surface area contributed by atoms with Gasteiger partial charge in [-0.25, -0.2) is 0 Å². The summed E-state index contributed by atoms with van der Waals surface area (Å²) in [5.41, 5.74) is 5.00. The number of nitrogens with zero attached hydrogens (tertiary/aromatic N) is 1. The smallest absolute Gasteiger partial charge is 0.243 e. The Kier molecular flexibility index (Phi) is 1.88. The van der Waals surface area contributed by atoms with Gasteiger partial charge in [-0.3, -0.25) is 4.79 Å². The monoisotopic (exact) mass is 152 g/mol. The Hall–Kier alpha value is -1.01. The predicted molar refractivity (Wildman–Crippen MR) is 42.6 cm³/mol. The van der Waals surface area contributed by atoms with E-state index in [9.17, 15) is 4.79 Å². The minimum atomic E-state index is -0.774. The fraction of sp³-hybridized carbons (Fsp3) is 0.625. The molecule has 1 heterocycles. The Bertz CT molecular complexity index is 219. The Morgan fingerprint density at radius 1 is 1.91 bits per heavy atom. The van der Waals surface area contributed by atoms with Crippen molar-refractivity contribution in [1.29, 1.82) is 0 Å². The van der Waals surface area contributed by atoms with Gasteiger partial charge >= 0.3 is 0 Å². The summed E-state index contributed by atoms with van der Waals surface area (Å²) in [5, 5.41) is 0. The Morgan fingerprint density at radius 2 is 2.55 bits per heavy atom. The lowest BCUT2D eigenvalue weighted by Crippen LogP contribution is -2.46. The number of rotatable bonds is 1. The van der Waals surface area contributed by atoms with E-state index in [0.717, 1.165) is 6.54 Å². The van der Waals surface area contributed by atoms with Crippen molar-refractivity contribution in [3.63, 3.8) is 0 Å². The average molecular weight is 152 g/mol. The van der Waals surface area contributed by atoms with Gasteiger partial charge in [0.15, 0.2) is 0 Å². The fourth-order valence-corrected chi connectivity index (χ4v) is 1.30. The first-order valence-corrected chi connectivity index (χ1v) is 3.58. The summed E-state index contributed by atoms with van der Waals surface area (Å²) < 4.78 is 0. The normalized spacial score (nSPS) is 30.6. The number of terminal acetylenes is 1. The number of hydrogen-bond donors (Lipinski definition) is 1. The van der Waals surface area contributed by atoms with Crippen molar-refractivity contribution in [2.75, 3.05) is 13.6 Å². The Balaban J connectivity index is 2.75. The van der Waals surface area contributed by atoms with Gasteiger partial charge < -0.3 is 10.6 Å². The number of likely N-dealkylation sites (tertiary alicyclic amines) is 1. The highest BCUT2D eigenvalue weighted by atomic mass is 16.2. The third kappa shape index (κ3) is 1.22. The van der Waals surface area contributed by atoms with Crippen LogP contribution in [-0.2, 0) is 4.79 Å². The molecule has 1 aliphatic heterocycles. The molecule has 0 bridgehead atoms. The summed E-state index contributed by atoms with van der Waals surface area (Å²) in [4.78, 5) is 12.9. The van der Waals surface area contributed by atoms with E-state index in [0.29, 0.717) is 12.8 Å². The van der Waals surface area contributed by atoms with Crippen LogP contribution in [0.2, 0.25) is 0 Å². The largest absolute Gasteiger partial charge is 0.344 e. The number of nitrogens with two attached hydrogens (primary N) is 1. The fourth-order valence-electron chi connectivity index (χ4n) is 1.30. The van der Waals surface area contributed by atoms with Gasteiger partial charge in [0.05, 0.1) is 0 Å². The summed E-state index contributed by atoms with van der Waals surface area (Å²) in [6.07, 6.45) is 6.12. The van der Waals surface area contributed by atoms with Crippen molar-refractivity contribution in [2.24, 2.45) is 5.73 Å². The van der Waals surface area contributed by atoms with Crippen molar-refractivity contribution in [3.05, 3.63) is 0 Å². The van der Waals surface area contributed by atoms with E-state index in [2.05, 4.69) is 5.92 Å². The van der Waals surface area contributed by atoms with Crippen LogP contribution in [0, 0.1) is 12.3 Å². The maximum atomic E-state index is 11.3. The van der Waals surface area contributed by atoms with Crippen molar-refractivity contribution < 1.29 is 4.79 Å². The number of carbonyl (C=O) groups is 1. The summed E-state index contributed by atoms with van der Waals surface area (Å²) in [5.74, 6) is 2.40. The highest BCUT2D eigenvalue weighted by Gasteiger charge is 2.40. The zero-order chi connectivity index (χ0) is 8.48. The lowest BCUT2D eigenvalue weighted by molar-refractivity contribution is -0.130. The first kappa shape index (κ1) is 8.09. The lowest BCUT2D eigenvalue weighted by atomic mass is 9.95. The minimum absolute atomic E-state index is 0.0320. The first-order valence-electron chi connectivity index (χ1n) is 3.58. The van der Waals surface area contributed by atoms with E-state index in [1.807, 2.05) is 0 Å². The van der Waals surface area contributed by atoms with Crippen LogP contribution in [-0.4, -0.2) is 29.9 Å². The molecule has 1 saturated heterocycles. The van der Waals surface area contributed by atoms with Crippen LogP contribution >= 0.6 is 0 Å². The minimum Gasteiger partial charge on any atom is -0.344 e. The van der Waals surface area contributed by atoms with Crippen molar-refractivity contribution in [3.8, 4) is 12.3 Å². The molecule has 1 fully saturated rings. The second-order valence-corrected chi connectivity index (χ2v) is 3.01.